The Balaban J connectivity index is 2.25. The van der Waals surface area contributed by atoms with Crippen LogP contribution in [0.15, 0.2) is 0 Å². The second-order valence-corrected chi connectivity index (χ2v) is 5.17. The SMILES string of the molecule is NCC(=O)N[C@H]1CC[C@@H](COP(=O)(O)O)C1. The van der Waals surface area contributed by atoms with Gasteiger partial charge in [0.2, 0.25) is 5.91 Å². The van der Waals surface area contributed by atoms with E-state index in [0.717, 1.165) is 12.8 Å². The van der Waals surface area contributed by atoms with Gasteiger partial charge in [-0.2, -0.15) is 0 Å². The summed E-state index contributed by atoms with van der Waals surface area (Å²) in [6.07, 6.45) is 2.25. The zero-order chi connectivity index (χ0) is 12.2. The monoisotopic (exact) mass is 252 g/mol. The molecule has 8 heteroatoms. The predicted molar refractivity (Wildman–Crippen MR) is 56.3 cm³/mol. The normalized spacial score (nSPS) is 25.7. The number of carbonyl (C=O) groups is 1. The first kappa shape index (κ1) is 13.6. The number of phosphoric acid groups is 1. The van der Waals surface area contributed by atoms with Crippen LogP contribution in [0.1, 0.15) is 19.3 Å². The van der Waals surface area contributed by atoms with Crippen LogP contribution in [0.5, 0.6) is 0 Å². The molecule has 5 N–H and O–H groups in total. The van der Waals surface area contributed by atoms with Gasteiger partial charge < -0.3 is 20.8 Å². The molecule has 7 nitrogen and oxygen atoms in total. The summed E-state index contributed by atoms with van der Waals surface area (Å²) in [5.74, 6) is -0.128. The molecule has 1 amide bonds. The van der Waals surface area contributed by atoms with Crippen LogP contribution in [0, 0.1) is 5.92 Å². The minimum atomic E-state index is -4.38. The van der Waals surface area contributed by atoms with Gasteiger partial charge in [0.1, 0.15) is 0 Å². The highest BCUT2D eigenvalue weighted by Gasteiger charge is 2.27. The van der Waals surface area contributed by atoms with E-state index in [-0.39, 0.29) is 31.0 Å². The molecule has 0 spiro atoms. The van der Waals surface area contributed by atoms with Gasteiger partial charge in [-0.3, -0.25) is 9.32 Å². The maximum atomic E-state index is 11.0. The molecule has 0 radical (unpaired) electrons. The van der Waals surface area contributed by atoms with E-state index in [9.17, 15) is 9.36 Å². The molecule has 0 aliphatic heterocycles. The molecule has 0 unspecified atom stereocenters. The fraction of sp³-hybridized carbons (Fsp3) is 0.875. The van der Waals surface area contributed by atoms with Crippen LogP contribution in [-0.2, 0) is 13.9 Å². The molecule has 1 aliphatic carbocycles. The van der Waals surface area contributed by atoms with E-state index in [2.05, 4.69) is 9.84 Å². The fourth-order valence-corrected chi connectivity index (χ4v) is 2.25. The Kier molecular flexibility index (Phi) is 4.89. The zero-order valence-electron chi connectivity index (χ0n) is 8.83. The summed E-state index contributed by atoms with van der Waals surface area (Å²) in [4.78, 5) is 28.1. The third-order valence-electron chi connectivity index (χ3n) is 2.57. The summed E-state index contributed by atoms with van der Waals surface area (Å²) >= 11 is 0. The molecule has 94 valence electrons. The lowest BCUT2D eigenvalue weighted by Gasteiger charge is -2.13. The lowest BCUT2D eigenvalue weighted by Crippen LogP contribution is -2.37. The number of rotatable bonds is 5. The summed E-state index contributed by atoms with van der Waals surface area (Å²) < 4.78 is 14.9. The van der Waals surface area contributed by atoms with Gasteiger partial charge in [0.15, 0.2) is 0 Å². The summed E-state index contributed by atoms with van der Waals surface area (Å²) in [6.45, 7) is -0.0145. The van der Waals surface area contributed by atoms with Crippen molar-refractivity contribution in [1.82, 2.24) is 5.32 Å². The smallest absolute Gasteiger partial charge is 0.352 e. The van der Waals surface area contributed by atoms with Crippen molar-refractivity contribution in [2.45, 2.75) is 25.3 Å². The Labute approximate surface area is 93.6 Å². The van der Waals surface area contributed by atoms with Crippen LogP contribution in [0.25, 0.3) is 0 Å². The Hall–Kier alpha value is -0.460. The first-order valence-corrected chi connectivity index (χ1v) is 6.63. The van der Waals surface area contributed by atoms with Gasteiger partial charge in [0.25, 0.3) is 0 Å². The number of nitrogens with one attached hydrogen (secondary N) is 1. The highest BCUT2D eigenvalue weighted by molar-refractivity contribution is 7.46. The molecule has 0 saturated heterocycles. The van der Waals surface area contributed by atoms with Crippen molar-refractivity contribution in [2.75, 3.05) is 13.2 Å². The molecule has 0 bridgehead atoms. The van der Waals surface area contributed by atoms with E-state index in [1.807, 2.05) is 0 Å². The zero-order valence-corrected chi connectivity index (χ0v) is 9.73. The first-order valence-electron chi connectivity index (χ1n) is 5.10. The van der Waals surface area contributed by atoms with Crippen LogP contribution in [0.4, 0.5) is 0 Å². The number of hydrogen-bond donors (Lipinski definition) is 4. The second-order valence-electron chi connectivity index (χ2n) is 3.93. The van der Waals surface area contributed by atoms with E-state index < -0.39 is 7.82 Å². The van der Waals surface area contributed by atoms with E-state index >= 15 is 0 Å². The maximum absolute atomic E-state index is 11.0. The van der Waals surface area contributed by atoms with Crippen LogP contribution in [0.2, 0.25) is 0 Å². The topological polar surface area (TPSA) is 122 Å². The molecule has 0 heterocycles. The molecule has 1 fully saturated rings. The largest absolute Gasteiger partial charge is 0.469 e. The molecule has 0 aromatic heterocycles. The molecule has 16 heavy (non-hydrogen) atoms. The molecule has 0 aromatic rings. The average molecular weight is 252 g/mol. The molecular weight excluding hydrogens is 235 g/mol. The number of hydrogen-bond acceptors (Lipinski definition) is 4. The van der Waals surface area contributed by atoms with Gasteiger partial charge in [-0.15, -0.1) is 0 Å². The standard InChI is InChI=1S/C8H17N2O5P/c9-4-8(11)10-7-2-1-6(3-7)5-15-16(12,13)14/h6-7H,1-5,9H2,(H,10,11)(H2,12,13,14)/t6-,7+/m1/s1. The lowest BCUT2D eigenvalue weighted by atomic mass is 10.1. The molecule has 1 saturated carbocycles. The van der Waals surface area contributed by atoms with Crippen molar-refractivity contribution in [3.8, 4) is 0 Å². The molecule has 1 aliphatic rings. The summed E-state index contributed by atoms with van der Waals surface area (Å²) in [6, 6.07) is 0.0430. The Morgan fingerprint density at radius 2 is 2.19 bits per heavy atom. The fourth-order valence-electron chi connectivity index (χ4n) is 1.85. The number of carbonyl (C=O) groups excluding carboxylic acids is 1. The van der Waals surface area contributed by atoms with E-state index in [4.69, 9.17) is 15.5 Å². The van der Waals surface area contributed by atoms with Gasteiger partial charge in [-0.1, -0.05) is 0 Å². The number of nitrogens with two attached hydrogens (primary N) is 1. The van der Waals surface area contributed by atoms with Crippen molar-refractivity contribution < 1.29 is 23.7 Å². The number of phosphoric ester groups is 1. The van der Waals surface area contributed by atoms with Crippen molar-refractivity contribution in [1.29, 1.82) is 0 Å². The summed E-state index contributed by atoms with van der Waals surface area (Å²) in [5, 5.41) is 2.74. The van der Waals surface area contributed by atoms with Crippen molar-refractivity contribution in [2.24, 2.45) is 11.7 Å². The quantitative estimate of drug-likeness (QED) is 0.482. The van der Waals surface area contributed by atoms with E-state index in [0.29, 0.717) is 6.42 Å². The van der Waals surface area contributed by atoms with Gasteiger partial charge in [0, 0.05) is 6.04 Å². The Morgan fingerprint density at radius 3 is 2.75 bits per heavy atom. The van der Waals surface area contributed by atoms with Gasteiger partial charge in [-0.05, 0) is 25.2 Å². The summed E-state index contributed by atoms with van der Waals surface area (Å²) in [7, 11) is -4.38. The molecule has 2 atom stereocenters. The van der Waals surface area contributed by atoms with Gasteiger partial charge in [-0.25, -0.2) is 4.57 Å². The minimum absolute atomic E-state index is 0.0271. The van der Waals surface area contributed by atoms with Crippen LogP contribution in [0.3, 0.4) is 0 Å². The van der Waals surface area contributed by atoms with Crippen LogP contribution < -0.4 is 11.1 Å². The second kappa shape index (κ2) is 5.75. The first-order chi connectivity index (χ1) is 7.40. The Morgan fingerprint density at radius 1 is 1.50 bits per heavy atom. The summed E-state index contributed by atoms with van der Waals surface area (Å²) in [5.41, 5.74) is 5.16. The third kappa shape index (κ3) is 5.05. The van der Waals surface area contributed by atoms with E-state index in [1.54, 1.807) is 0 Å². The van der Waals surface area contributed by atoms with Crippen molar-refractivity contribution >= 4 is 13.7 Å². The highest BCUT2D eigenvalue weighted by Crippen LogP contribution is 2.38. The molecular formula is C8H17N2O5P. The lowest BCUT2D eigenvalue weighted by molar-refractivity contribution is -0.120. The van der Waals surface area contributed by atoms with Crippen molar-refractivity contribution in [3.63, 3.8) is 0 Å². The number of amides is 1. The minimum Gasteiger partial charge on any atom is -0.352 e. The predicted octanol–water partition coefficient (Wildman–Crippen LogP) is -0.661. The highest BCUT2D eigenvalue weighted by atomic mass is 31.2. The third-order valence-corrected chi connectivity index (χ3v) is 3.06. The van der Waals surface area contributed by atoms with Crippen molar-refractivity contribution in [3.05, 3.63) is 0 Å². The van der Waals surface area contributed by atoms with Gasteiger partial charge in [0.05, 0.1) is 13.2 Å². The molecule has 0 aromatic carbocycles. The van der Waals surface area contributed by atoms with E-state index in [1.165, 1.54) is 0 Å². The maximum Gasteiger partial charge on any atom is 0.469 e. The van der Waals surface area contributed by atoms with Crippen LogP contribution in [-0.4, -0.2) is 34.9 Å². The van der Waals surface area contributed by atoms with Crippen LogP contribution >= 0.6 is 7.82 Å². The molecule has 1 rings (SSSR count). The van der Waals surface area contributed by atoms with Gasteiger partial charge >= 0.3 is 7.82 Å². The Bertz CT molecular complexity index is 292. The average Bonchev–Trinajstić information content (AvgIpc) is 2.61.